The van der Waals surface area contributed by atoms with Crippen LogP contribution >= 0.6 is 15.9 Å². The van der Waals surface area contributed by atoms with Crippen molar-refractivity contribution in [3.05, 3.63) is 28.2 Å². The Bertz CT molecular complexity index is 258. The molecule has 0 aliphatic rings. The summed E-state index contributed by atoms with van der Waals surface area (Å²) in [6, 6.07) is 5.43. The maximum Gasteiger partial charge on any atom is 0.0403 e. The maximum atomic E-state index is 6.96. The van der Waals surface area contributed by atoms with E-state index in [4.69, 9.17) is 11.1 Å². The molecule has 2 nitrogen and oxygen atoms in total. The van der Waals surface area contributed by atoms with Gasteiger partial charge in [0.1, 0.15) is 0 Å². The topological polar surface area (TPSA) is 49.9 Å². The van der Waals surface area contributed by atoms with E-state index in [1.807, 2.05) is 12.1 Å². The molecule has 10 heavy (non-hydrogen) atoms. The Morgan fingerprint density at radius 1 is 1.50 bits per heavy atom. The molecule has 3 heteroatoms. The average molecular weight is 199 g/mol. The molecule has 0 aliphatic carbocycles. The molecule has 0 aliphatic heterocycles. The standard InChI is InChI=1S/C7H7BrN2/c8-6-1-2-7(10)5(3-6)4-9/h1-4,9H,10H2. The third-order valence-corrected chi connectivity index (χ3v) is 1.70. The highest BCUT2D eigenvalue weighted by atomic mass is 79.9. The lowest BCUT2D eigenvalue weighted by molar-refractivity contribution is 1.53. The minimum atomic E-state index is 0.637. The van der Waals surface area contributed by atoms with Gasteiger partial charge in [-0.2, -0.15) is 0 Å². The van der Waals surface area contributed by atoms with Crippen LogP contribution in [0.15, 0.2) is 22.7 Å². The van der Waals surface area contributed by atoms with Crippen molar-refractivity contribution < 1.29 is 0 Å². The van der Waals surface area contributed by atoms with Gasteiger partial charge in [-0.1, -0.05) is 15.9 Å². The zero-order valence-corrected chi connectivity index (χ0v) is 6.85. The SMILES string of the molecule is N=Cc1cc(Br)ccc1N. The molecular weight excluding hydrogens is 192 g/mol. The summed E-state index contributed by atoms with van der Waals surface area (Å²) < 4.78 is 0.945. The summed E-state index contributed by atoms with van der Waals surface area (Å²) in [6.07, 6.45) is 1.24. The van der Waals surface area contributed by atoms with Crippen LogP contribution in [0.2, 0.25) is 0 Å². The summed E-state index contributed by atoms with van der Waals surface area (Å²) in [6.45, 7) is 0. The summed E-state index contributed by atoms with van der Waals surface area (Å²) in [5.74, 6) is 0. The van der Waals surface area contributed by atoms with E-state index in [2.05, 4.69) is 15.9 Å². The Balaban J connectivity index is 3.21. The Kier molecular flexibility index (Phi) is 2.06. The van der Waals surface area contributed by atoms with Gasteiger partial charge in [0, 0.05) is 21.9 Å². The number of hydrogen-bond donors (Lipinski definition) is 2. The molecule has 3 N–H and O–H groups in total. The number of hydrogen-bond acceptors (Lipinski definition) is 2. The van der Waals surface area contributed by atoms with Crippen LogP contribution in [0.3, 0.4) is 0 Å². The number of rotatable bonds is 1. The molecule has 0 saturated carbocycles. The molecule has 0 amide bonds. The monoisotopic (exact) mass is 198 g/mol. The van der Waals surface area contributed by atoms with Crippen molar-refractivity contribution in [2.75, 3.05) is 5.73 Å². The van der Waals surface area contributed by atoms with E-state index in [1.54, 1.807) is 6.07 Å². The van der Waals surface area contributed by atoms with Gasteiger partial charge in [0.2, 0.25) is 0 Å². The van der Waals surface area contributed by atoms with Crippen molar-refractivity contribution in [3.8, 4) is 0 Å². The molecule has 0 atom stereocenters. The van der Waals surface area contributed by atoms with Crippen molar-refractivity contribution in [2.45, 2.75) is 0 Å². The van der Waals surface area contributed by atoms with Crippen LogP contribution in [0.4, 0.5) is 5.69 Å². The lowest BCUT2D eigenvalue weighted by Gasteiger charge is -1.97. The van der Waals surface area contributed by atoms with Gasteiger partial charge < -0.3 is 11.1 Å². The third-order valence-electron chi connectivity index (χ3n) is 1.20. The van der Waals surface area contributed by atoms with E-state index in [0.29, 0.717) is 5.69 Å². The molecule has 0 heterocycles. The highest BCUT2D eigenvalue weighted by Crippen LogP contribution is 2.15. The highest BCUT2D eigenvalue weighted by molar-refractivity contribution is 9.10. The fraction of sp³-hybridized carbons (Fsp3) is 0. The molecule has 0 bridgehead atoms. The number of benzene rings is 1. The van der Waals surface area contributed by atoms with Crippen LogP contribution in [0.1, 0.15) is 5.56 Å². The Hall–Kier alpha value is -0.830. The smallest absolute Gasteiger partial charge is 0.0403 e. The summed E-state index contributed by atoms with van der Waals surface area (Å²) in [4.78, 5) is 0. The fourth-order valence-corrected chi connectivity index (χ4v) is 1.05. The molecular formula is C7H7BrN2. The van der Waals surface area contributed by atoms with Gasteiger partial charge in [-0.05, 0) is 18.2 Å². The van der Waals surface area contributed by atoms with Crippen LogP contribution in [0.25, 0.3) is 0 Å². The van der Waals surface area contributed by atoms with Crippen molar-refractivity contribution in [2.24, 2.45) is 0 Å². The maximum absolute atomic E-state index is 6.96. The van der Waals surface area contributed by atoms with Crippen molar-refractivity contribution in [1.82, 2.24) is 0 Å². The quantitative estimate of drug-likeness (QED) is 0.527. The summed E-state index contributed by atoms with van der Waals surface area (Å²) >= 11 is 3.28. The Morgan fingerprint density at radius 2 is 2.20 bits per heavy atom. The van der Waals surface area contributed by atoms with Gasteiger partial charge in [0.25, 0.3) is 0 Å². The molecule has 52 valence electrons. The summed E-state index contributed by atoms with van der Waals surface area (Å²) in [7, 11) is 0. The number of nitrogens with one attached hydrogen (secondary N) is 1. The first-order valence-electron chi connectivity index (χ1n) is 2.79. The van der Waals surface area contributed by atoms with Crippen LogP contribution in [-0.2, 0) is 0 Å². The van der Waals surface area contributed by atoms with Gasteiger partial charge in [0.15, 0.2) is 0 Å². The van der Waals surface area contributed by atoms with E-state index in [1.165, 1.54) is 6.21 Å². The average Bonchev–Trinajstić information content (AvgIpc) is 1.94. The van der Waals surface area contributed by atoms with E-state index in [0.717, 1.165) is 10.0 Å². The lowest BCUT2D eigenvalue weighted by atomic mass is 10.2. The largest absolute Gasteiger partial charge is 0.398 e. The number of halogens is 1. The van der Waals surface area contributed by atoms with E-state index in [9.17, 15) is 0 Å². The highest BCUT2D eigenvalue weighted by Gasteiger charge is 1.94. The van der Waals surface area contributed by atoms with Gasteiger partial charge >= 0.3 is 0 Å². The van der Waals surface area contributed by atoms with Crippen LogP contribution in [0, 0.1) is 5.41 Å². The van der Waals surface area contributed by atoms with E-state index >= 15 is 0 Å². The molecule has 1 aromatic carbocycles. The molecule has 1 aromatic rings. The van der Waals surface area contributed by atoms with Crippen molar-refractivity contribution >= 4 is 27.8 Å². The lowest BCUT2D eigenvalue weighted by Crippen LogP contribution is -1.91. The van der Waals surface area contributed by atoms with Crippen molar-refractivity contribution in [3.63, 3.8) is 0 Å². The second kappa shape index (κ2) is 2.84. The predicted octanol–water partition coefficient (Wildman–Crippen LogP) is 2.03. The fourth-order valence-electron chi connectivity index (χ4n) is 0.671. The van der Waals surface area contributed by atoms with E-state index < -0.39 is 0 Å². The number of nitrogen functional groups attached to an aromatic ring is 1. The first-order chi connectivity index (χ1) is 4.74. The van der Waals surface area contributed by atoms with Gasteiger partial charge in [-0.15, -0.1) is 0 Å². The van der Waals surface area contributed by atoms with Crippen LogP contribution in [0.5, 0.6) is 0 Å². The molecule has 0 saturated heterocycles. The Labute approximate surface area is 67.7 Å². The van der Waals surface area contributed by atoms with Gasteiger partial charge in [-0.25, -0.2) is 0 Å². The minimum absolute atomic E-state index is 0.637. The molecule has 0 spiro atoms. The second-order valence-corrected chi connectivity index (χ2v) is 2.83. The Morgan fingerprint density at radius 3 is 2.70 bits per heavy atom. The molecule has 0 radical (unpaired) electrons. The zero-order chi connectivity index (χ0) is 7.56. The summed E-state index contributed by atoms with van der Waals surface area (Å²) in [5, 5.41) is 6.96. The van der Waals surface area contributed by atoms with Gasteiger partial charge in [-0.3, -0.25) is 0 Å². The molecule has 0 aromatic heterocycles. The normalized spacial score (nSPS) is 9.30. The number of nitrogens with two attached hydrogens (primary N) is 1. The predicted molar refractivity (Wildman–Crippen MR) is 46.4 cm³/mol. The van der Waals surface area contributed by atoms with Crippen molar-refractivity contribution in [1.29, 1.82) is 5.41 Å². The molecule has 0 unspecified atom stereocenters. The number of anilines is 1. The minimum Gasteiger partial charge on any atom is -0.398 e. The first-order valence-corrected chi connectivity index (χ1v) is 3.59. The van der Waals surface area contributed by atoms with Crippen LogP contribution in [-0.4, -0.2) is 6.21 Å². The first kappa shape index (κ1) is 7.28. The summed E-state index contributed by atoms with van der Waals surface area (Å²) in [5.41, 5.74) is 6.91. The zero-order valence-electron chi connectivity index (χ0n) is 5.26. The van der Waals surface area contributed by atoms with Crippen LogP contribution < -0.4 is 5.73 Å². The van der Waals surface area contributed by atoms with E-state index in [-0.39, 0.29) is 0 Å². The molecule has 1 rings (SSSR count). The van der Waals surface area contributed by atoms with Gasteiger partial charge in [0.05, 0.1) is 0 Å². The second-order valence-electron chi connectivity index (χ2n) is 1.92. The third kappa shape index (κ3) is 1.36. The molecule has 0 fully saturated rings.